The zero-order valence-electron chi connectivity index (χ0n) is 19.3. The highest BCUT2D eigenvalue weighted by molar-refractivity contribution is 7.99. The number of aryl methyl sites for hydroxylation is 2. The second kappa shape index (κ2) is 11.8. The Bertz CT molecular complexity index is 1050. The van der Waals surface area contributed by atoms with E-state index in [-0.39, 0.29) is 5.91 Å². The number of aromatic nitrogens is 4. The Morgan fingerprint density at radius 2 is 2.00 bits per heavy atom. The number of carbonyl (C=O) groups excluding carboxylic acids is 1. The van der Waals surface area contributed by atoms with Crippen LogP contribution in [0.4, 0.5) is 5.82 Å². The smallest absolute Gasteiger partial charge is 0.251 e. The summed E-state index contributed by atoms with van der Waals surface area (Å²) < 4.78 is 7.24. The van der Waals surface area contributed by atoms with Gasteiger partial charge in [0.25, 0.3) is 5.91 Å². The van der Waals surface area contributed by atoms with Gasteiger partial charge in [0.1, 0.15) is 5.82 Å². The van der Waals surface area contributed by atoms with Gasteiger partial charge in [-0.15, -0.1) is 0 Å². The van der Waals surface area contributed by atoms with Crippen LogP contribution in [0.3, 0.4) is 0 Å². The summed E-state index contributed by atoms with van der Waals surface area (Å²) in [5.74, 6) is 1.62. The third kappa shape index (κ3) is 6.20. The van der Waals surface area contributed by atoms with Crippen molar-refractivity contribution in [1.29, 1.82) is 0 Å². The summed E-state index contributed by atoms with van der Waals surface area (Å²) in [5.41, 5.74) is 3.71. The number of amides is 1. The Morgan fingerprint density at radius 1 is 1.16 bits per heavy atom. The molecular weight excluding hydrogens is 424 g/mol. The van der Waals surface area contributed by atoms with E-state index in [2.05, 4.69) is 27.6 Å². The van der Waals surface area contributed by atoms with E-state index in [1.165, 1.54) is 5.56 Å². The van der Waals surface area contributed by atoms with E-state index in [1.54, 1.807) is 18.0 Å². The van der Waals surface area contributed by atoms with Crippen molar-refractivity contribution in [3.05, 3.63) is 41.1 Å². The maximum atomic E-state index is 12.5. The summed E-state index contributed by atoms with van der Waals surface area (Å²) >= 11 is 1.63. The minimum absolute atomic E-state index is 0.0864. The lowest BCUT2D eigenvalue weighted by molar-refractivity contribution is 0.0952. The number of carbonyl (C=O) groups is 1. The van der Waals surface area contributed by atoms with Crippen molar-refractivity contribution in [2.24, 2.45) is 0 Å². The van der Waals surface area contributed by atoms with Crippen molar-refractivity contribution in [2.45, 2.75) is 45.8 Å². The number of hydrogen-bond donors (Lipinski definition) is 2. The summed E-state index contributed by atoms with van der Waals surface area (Å²) in [6.07, 6.45) is 2.82. The monoisotopic (exact) mass is 456 g/mol. The van der Waals surface area contributed by atoms with Crippen molar-refractivity contribution >= 4 is 34.5 Å². The molecule has 2 heterocycles. The summed E-state index contributed by atoms with van der Waals surface area (Å²) in [7, 11) is 0. The molecule has 0 aliphatic carbocycles. The predicted molar refractivity (Wildman–Crippen MR) is 130 cm³/mol. The lowest BCUT2D eigenvalue weighted by Crippen LogP contribution is -2.27. The highest BCUT2D eigenvalue weighted by Gasteiger charge is 2.14. The average Bonchev–Trinajstić information content (AvgIpc) is 3.20. The highest BCUT2D eigenvalue weighted by Crippen LogP contribution is 2.24. The molecule has 1 aromatic carbocycles. The number of nitrogens with zero attached hydrogens (tertiary/aromatic N) is 4. The zero-order valence-corrected chi connectivity index (χ0v) is 20.1. The lowest BCUT2D eigenvalue weighted by atomic mass is 10.1. The average molecular weight is 457 g/mol. The number of fused-ring (bicyclic) bond motifs is 1. The molecule has 3 rings (SSSR count). The SMILES string of the molecule is CCCSc1nc(NCCOCC)c2cnn(CCNC(=O)c3ccc(C)c(C)c3)c2n1. The molecule has 3 aromatic rings. The number of anilines is 1. The van der Waals surface area contributed by atoms with Gasteiger partial charge in [0, 0.05) is 31.0 Å². The third-order valence-corrected chi connectivity index (χ3v) is 6.09. The summed E-state index contributed by atoms with van der Waals surface area (Å²) in [4.78, 5) is 21.9. The molecule has 0 saturated carbocycles. The molecule has 172 valence electrons. The maximum absolute atomic E-state index is 12.5. The van der Waals surface area contributed by atoms with E-state index in [4.69, 9.17) is 9.72 Å². The molecule has 1 amide bonds. The van der Waals surface area contributed by atoms with Gasteiger partial charge < -0.3 is 15.4 Å². The van der Waals surface area contributed by atoms with Gasteiger partial charge in [0.05, 0.1) is 24.7 Å². The predicted octanol–water partition coefficient (Wildman–Crippen LogP) is 3.82. The molecule has 0 radical (unpaired) electrons. The Hall–Kier alpha value is -2.65. The first-order valence-electron chi connectivity index (χ1n) is 11.1. The standard InChI is InChI=1S/C23H32N6O2S/c1-5-13-32-23-27-20(24-10-12-31-6-2)19-15-26-29(21(19)28-23)11-9-25-22(30)18-8-7-16(3)17(4)14-18/h7-8,14-15H,5-6,9-13H2,1-4H3,(H,25,30)(H,24,27,28). The molecular formula is C23H32N6O2S. The molecule has 0 bridgehead atoms. The van der Waals surface area contributed by atoms with Crippen LogP contribution < -0.4 is 10.6 Å². The van der Waals surface area contributed by atoms with Crippen LogP contribution in [0, 0.1) is 13.8 Å². The molecule has 0 fully saturated rings. The van der Waals surface area contributed by atoms with Crippen LogP contribution in [0.25, 0.3) is 11.0 Å². The first-order chi connectivity index (χ1) is 15.5. The number of ether oxygens (including phenoxy) is 1. The van der Waals surface area contributed by atoms with Crippen molar-refractivity contribution < 1.29 is 9.53 Å². The Kier molecular flexibility index (Phi) is 8.87. The van der Waals surface area contributed by atoms with Crippen LogP contribution in [0.15, 0.2) is 29.6 Å². The maximum Gasteiger partial charge on any atom is 0.251 e. The van der Waals surface area contributed by atoms with Crippen molar-refractivity contribution in [2.75, 3.05) is 37.4 Å². The first-order valence-corrected chi connectivity index (χ1v) is 12.1. The number of nitrogens with one attached hydrogen (secondary N) is 2. The number of benzene rings is 1. The van der Waals surface area contributed by atoms with Crippen LogP contribution in [0.1, 0.15) is 41.8 Å². The minimum Gasteiger partial charge on any atom is -0.380 e. The normalized spacial score (nSPS) is 11.1. The second-order valence-corrected chi connectivity index (χ2v) is 8.55. The van der Waals surface area contributed by atoms with Crippen LogP contribution in [-0.4, -0.2) is 57.7 Å². The van der Waals surface area contributed by atoms with Gasteiger partial charge in [-0.2, -0.15) is 5.10 Å². The van der Waals surface area contributed by atoms with Gasteiger partial charge in [-0.25, -0.2) is 14.6 Å². The van der Waals surface area contributed by atoms with Crippen LogP contribution in [0.5, 0.6) is 0 Å². The molecule has 32 heavy (non-hydrogen) atoms. The number of thioether (sulfide) groups is 1. The van der Waals surface area contributed by atoms with Crippen LogP contribution in [0.2, 0.25) is 0 Å². The lowest BCUT2D eigenvalue weighted by Gasteiger charge is -2.10. The van der Waals surface area contributed by atoms with Gasteiger partial charge in [-0.1, -0.05) is 24.8 Å². The van der Waals surface area contributed by atoms with Crippen LogP contribution in [-0.2, 0) is 11.3 Å². The second-order valence-electron chi connectivity index (χ2n) is 7.49. The number of rotatable bonds is 12. The Labute approximate surface area is 193 Å². The van der Waals surface area contributed by atoms with Gasteiger partial charge >= 0.3 is 0 Å². The van der Waals surface area contributed by atoms with E-state index in [0.717, 1.165) is 39.7 Å². The zero-order chi connectivity index (χ0) is 22.9. The molecule has 2 aromatic heterocycles. The molecule has 0 atom stereocenters. The van der Waals surface area contributed by atoms with Gasteiger partial charge in [0.15, 0.2) is 10.8 Å². The fourth-order valence-electron chi connectivity index (χ4n) is 3.14. The minimum atomic E-state index is -0.0864. The first kappa shape index (κ1) is 24.0. The summed E-state index contributed by atoms with van der Waals surface area (Å²) in [5, 5.41) is 12.4. The van der Waals surface area contributed by atoms with Crippen LogP contribution >= 0.6 is 11.8 Å². The molecule has 0 saturated heterocycles. The Balaban J connectivity index is 1.71. The topological polar surface area (TPSA) is 94.0 Å². The fourth-order valence-corrected chi connectivity index (χ4v) is 3.83. The van der Waals surface area contributed by atoms with Crippen molar-refractivity contribution in [1.82, 2.24) is 25.1 Å². The van der Waals surface area contributed by atoms with E-state index in [9.17, 15) is 4.79 Å². The highest BCUT2D eigenvalue weighted by atomic mass is 32.2. The summed E-state index contributed by atoms with van der Waals surface area (Å²) in [6, 6.07) is 5.74. The summed E-state index contributed by atoms with van der Waals surface area (Å²) in [6.45, 7) is 11.1. The third-order valence-electron chi connectivity index (χ3n) is 5.03. The molecule has 0 unspecified atom stereocenters. The van der Waals surface area contributed by atoms with E-state index in [0.29, 0.717) is 38.4 Å². The van der Waals surface area contributed by atoms with Gasteiger partial charge in [-0.3, -0.25) is 4.79 Å². The fraction of sp³-hybridized carbons (Fsp3) is 0.478. The molecule has 2 N–H and O–H groups in total. The molecule has 0 aliphatic rings. The number of hydrogen-bond acceptors (Lipinski definition) is 7. The molecule has 9 heteroatoms. The van der Waals surface area contributed by atoms with E-state index < -0.39 is 0 Å². The van der Waals surface area contributed by atoms with Crippen molar-refractivity contribution in [3.63, 3.8) is 0 Å². The molecule has 0 spiro atoms. The molecule has 8 nitrogen and oxygen atoms in total. The van der Waals surface area contributed by atoms with Crippen molar-refractivity contribution in [3.8, 4) is 0 Å². The van der Waals surface area contributed by atoms with Gasteiger partial charge in [-0.05, 0) is 50.5 Å². The van der Waals surface area contributed by atoms with Gasteiger partial charge in [0.2, 0.25) is 0 Å². The quantitative estimate of drug-likeness (QED) is 0.243. The Morgan fingerprint density at radius 3 is 2.75 bits per heavy atom. The van der Waals surface area contributed by atoms with E-state index in [1.807, 2.05) is 43.7 Å². The largest absolute Gasteiger partial charge is 0.380 e. The van der Waals surface area contributed by atoms with E-state index >= 15 is 0 Å². The molecule has 0 aliphatic heterocycles.